The van der Waals surface area contributed by atoms with Crippen molar-refractivity contribution in [1.82, 2.24) is 0 Å². The van der Waals surface area contributed by atoms with Crippen LogP contribution in [0.5, 0.6) is 0 Å². The monoisotopic (exact) mass is 224 g/mol. The molecule has 0 bridgehead atoms. The van der Waals surface area contributed by atoms with Gasteiger partial charge in [-0.3, -0.25) is 4.79 Å². The summed E-state index contributed by atoms with van der Waals surface area (Å²) >= 11 is 0. The second-order valence-electron chi connectivity index (χ2n) is 4.54. The molecular formula is C13H20O3. The molecule has 1 aromatic heterocycles. The molecule has 1 N–H and O–H groups in total. The number of rotatable bonds is 6. The molecule has 3 heteroatoms. The van der Waals surface area contributed by atoms with Crippen molar-refractivity contribution in [2.24, 2.45) is 5.92 Å². The Morgan fingerprint density at radius 1 is 1.50 bits per heavy atom. The summed E-state index contributed by atoms with van der Waals surface area (Å²) < 4.78 is 5.33. The molecule has 0 radical (unpaired) electrons. The van der Waals surface area contributed by atoms with Crippen molar-refractivity contribution >= 4 is 5.97 Å². The zero-order chi connectivity index (χ0) is 12.1. The van der Waals surface area contributed by atoms with E-state index in [9.17, 15) is 4.79 Å². The molecule has 0 aromatic carbocycles. The highest BCUT2D eigenvalue weighted by molar-refractivity contribution is 5.75. The van der Waals surface area contributed by atoms with E-state index < -0.39 is 11.9 Å². The number of hydrogen-bond donors (Lipinski definition) is 1. The Morgan fingerprint density at radius 2 is 2.19 bits per heavy atom. The van der Waals surface area contributed by atoms with E-state index in [1.807, 2.05) is 13.0 Å². The van der Waals surface area contributed by atoms with E-state index in [1.54, 1.807) is 6.26 Å². The zero-order valence-corrected chi connectivity index (χ0v) is 10.2. The molecule has 1 atom stereocenters. The van der Waals surface area contributed by atoms with Crippen LogP contribution < -0.4 is 0 Å². The fourth-order valence-corrected chi connectivity index (χ4v) is 1.78. The topological polar surface area (TPSA) is 50.4 Å². The first-order valence-electron chi connectivity index (χ1n) is 5.85. The first-order valence-corrected chi connectivity index (χ1v) is 5.85. The van der Waals surface area contributed by atoms with Crippen LogP contribution in [0.1, 0.15) is 50.9 Å². The van der Waals surface area contributed by atoms with Crippen LogP contribution in [0.2, 0.25) is 0 Å². The Morgan fingerprint density at radius 3 is 2.69 bits per heavy atom. The van der Waals surface area contributed by atoms with Gasteiger partial charge in [0.15, 0.2) is 0 Å². The van der Waals surface area contributed by atoms with Gasteiger partial charge in [0.1, 0.15) is 11.7 Å². The van der Waals surface area contributed by atoms with Crippen molar-refractivity contribution in [2.45, 2.75) is 46.0 Å². The molecule has 0 saturated carbocycles. The Labute approximate surface area is 96.5 Å². The molecule has 0 aliphatic rings. The molecule has 0 aliphatic carbocycles. The molecule has 0 amide bonds. The van der Waals surface area contributed by atoms with Gasteiger partial charge in [0.2, 0.25) is 0 Å². The highest BCUT2D eigenvalue weighted by atomic mass is 16.4. The smallest absolute Gasteiger partial charge is 0.314 e. The molecule has 0 saturated heterocycles. The van der Waals surface area contributed by atoms with E-state index in [1.165, 1.54) is 0 Å². The maximum absolute atomic E-state index is 11.1. The molecule has 1 aromatic rings. The maximum atomic E-state index is 11.1. The fraction of sp³-hybridized carbons (Fsp3) is 0.615. The van der Waals surface area contributed by atoms with Crippen LogP contribution >= 0.6 is 0 Å². The second-order valence-corrected chi connectivity index (χ2v) is 4.54. The largest absolute Gasteiger partial charge is 0.481 e. The number of carboxylic acid groups (broad SMARTS) is 1. The number of hydrogen-bond acceptors (Lipinski definition) is 2. The van der Waals surface area contributed by atoms with Crippen molar-refractivity contribution in [3.63, 3.8) is 0 Å². The minimum atomic E-state index is -0.803. The average Bonchev–Trinajstić information content (AvgIpc) is 2.63. The summed E-state index contributed by atoms with van der Waals surface area (Å²) in [5, 5.41) is 9.09. The van der Waals surface area contributed by atoms with E-state index in [0.717, 1.165) is 18.4 Å². The van der Waals surface area contributed by atoms with Crippen LogP contribution in [0.15, 0.2) is 16.7 Å². The Kier molecular flexibility index (Phi) is 4.59. The maximum Gasteiger partial charge on any atom is 0.314 e. The standard InChI is InChI=1S/C13H20O3/c1-4-11(13(14)15)12-10(7-8-16-12)6-5-9(2)3/h7-9,11H,4-6H2,1-3H3,(H,14,15). The Bertz CT molecular complexity index is 339. The molecule has 0 fully saturated rings. The first-order chi connectivity index (χ1) is 7.56. The van der Waals surface area contributed by atoms with Gasteiger partial charge in [0, 0.05) is 0 Å². The van der Waals surface area contributed by atoms with Gasteiger partial charge in [-0.25, -0.2) is 0 Å². The first kappa shape index (κ1) is 12.8. The fourth-order valence-electron chi connectivity index (χ4n) is 1.78. The number of aliphatic carboxylic acids is 1. The summed E-state index contributed by atoms with van der Waals surface area (Å²) in [6.45, 7) is 6.19. The molecule has 1 heterocycles. The normalized spacial score (nSPS) is 13.0. The summed E-state index contributed by atoms with van der Waals surface area (Å²) in [5.74, 6) is -0.0521. The van der Waals surface area contributed by atoms with Crippen molar-refractivity contribution < 1.29 is 14.3 Å². The van der Waals surface area contributed by atoms with Gasteiger partial charge in [-0.1, -0.05) is 20.8 Å². The SMILES string of the molecule is CCC(C(=O)O)c1occc1CCC(C)C. The van der Waals surface area contributed by atoms with Gasteiger partial charge < -0.3 is 9.52 Å². The highest BCUT2D eigenvalue weighted by Gasteiger charge is 2.23. The van der Waals surface area contributed by atoms with Gasteiger partial charge in [0.05, 0.1) is 6.26 Å². The lowest BCUT2D eigenvalue weighted by Crippen LogP contribution is -2.11. The number of carbonyl (C=O) groups is 1. The van der Waals surface area contributed by atoms with Crippen molar-refractivity contribution in [3.05, 3.63) is 23.7 Å². The molecular weight excluding hydrogens is 204 g/mol. The molecule has 3 nitrogen and oxygen atoms in total. The summed E-state index contributed by atoms with van der Waals surface area (Å²) in [4.78, 5) is 11.1. The van der Waals surface area contributed by atoms with E-state index in [-0.39, 0.29) is 0 Å². The van der Waals surface area contributed by atoms with Crippen molar-refractivity contribution in [1.29, 1.82) is 0 Å². The third-order valence-electron chi connectivity index (χ3n) is 2.79. The van der Waals surface area contributed by atoms with Gasteiger partial charge in [0.25, 0.3) is 0 Å². The third kappa shape index (κ3) is 3.12. The number of aryl methyl sites for hydroxylation is 1. The highest BCUT2D eigenvalue weighted by Crippen LogP contribution is 2.26. The Hall–Kier alpha value is -1.25. The van der Waals surface area contributed by atoms with Gasteiger partial charge >= 0.3 is 5.97 Å². The van der Waals surface area contributed by atoms with Crippen LogP contribution in [0.25, 0.3) is 0 Å². The third-order valence-corrected chi connectivity index (χ3v) is 2.79. The van der Waals surface area contributed by atoms with E-state index in [2.05, 4.69) is 13.8 Å². The van der Waals surface area contributed by atoms with Gasteiger partial charge in [-0.15, -0.1) is 0 Å². The summed E-state index contributed by atoms with van der Waals surface area (Å²) in [6.07, 6.45) is 4.12. The number of furan rings is 1. The molecule has 1 unspecified atom stereocenters. The summed E-state index contributed by atoms with van der Waals surface area (Å²) in [6, 6.07) is 1.89. The lowest BCUT2D eigenvalue weighted by Gasteiger charge is -2.10. The summed E-state index contributed by atoms with van der Waals surface area (Å²) in [7, 11) is 0. The Balaban J connectivity index is 2.80. The molecule has 16 heavy (non-hydrogen) atoms. The van der Waals surface area contributed by atoms with Crippen LogP contribution in [-0.2, 0) is 11.2 Å². The number of carboxylic acids is 1. The summed E-state index contributed by atoms with van der Waals surface area (Å²) in [5.41, 5.74) is 1.04. The van der Waals surface area contributed by atoms with E-state index in [4.69, 9.17) is 9.52 Å². The van der Waals surface area contributed by atoms with Crippen molar-refractivity contribution in [3.8, 4) is 0 Å². The average molecular weight is 224 g/mol. The molecule has 1 rings (SSSR count). The molecule has 90 valence electrons. The minimum Gasteiger partial charge on any atom is -0.481 e. The van der Waals surface area contributed by atoms with Crippen LogP contribution in [-0.4, -0.2) is 11.1 Å². The van der Waals surface area contributed by atoms with Crippen LogP contribution in [0.3, 0.4) is 0 Å². The van der Waals surface area contributed by atoms with E-state index in [0.29, 0.717) is 18.1 Å². The quantitative estimate of drug-likeness (QED) is 0.805. The molecule has 0 spiro atoms. The zero-order valence-electron chi connectivity index (χ0n) is 10.2. The van der Waals surface area contributed by atoms with Crippen molar-refractivity contribution in [2.75, 3.05) is 0 Å². The second kappa shape index (κ2) is 5.73. The van der Waals surface area contributed by atoms with Crippen LogP contribution in [0.4, 0.5) is 0 Å². The minimum absolute atomic E-state index is 0.503. The molecule has 0 aliphatic heterocycles. The predicted octanol–water partition coefficient (Wildman–Crippen LogP) is 3.45. The lowest BCUT2D eigenvalue weighted by molar-refractivity contribution is -0.139. The van der Waals surface area contributed by atoms with Gasteiger partial charge in [-0.05, 0) is 36.8 Å². The lowest BCUT2D eigenvalue weighted by atomic mass is 9.96. The van der Waals surface area contributed by atoms with Gasteiger partial charge in [-0.2, -0.15) is 0 Å². The predicted molar refractivity (Wildman–Crippen MR) is 62.5 cm³/mol. The van der Waals surface area contributed by atoms with Crippen LogP contribution in [0, 0.1) is 5.92 Å². The van der Waals surface area contributed by atoms with E-state index >= 15 is 0 Å².